The van der Waals surface area contributed by atoms with Crippen molar-refractivity contribution in [1.29, 1.82) is 0 Å². The third kappa shape index (κ3) is 2.42. The first-order valence-corrected chi connectivity index (χ1v) is 7.60. The normalized spacial score (nSPS) is 15.4. The van der Waals surface area contributed by atoms with Gasteiger partial charge >= 0.3 is 5.97 Å². The Morgan fingerprint density at radius 1 is 1.43 bits per heavy atom. The number of benzene rings is 1. The van der Waals surface area contributed by atoms with Crippen LogP contribution in [0.25, 0.3) is 10.4 Å². The molecule has 21 heavy (non-hydrogen) atoms. The highest BCUT2D eigenvalue weighted by Crippen LogP contribution is 2.44. The summed E-state index contributed by atoms with van der Waals surface area (Å²) < 4.78 is 10.9. The molecule has 110 valence electrons. The average Bonchev–Trinajstić information content (AvgIpc) is 2.95. The van der Waals surface area contributed by atoms with Gasteiger partial charge in [0.2, 0.25) is 0 Å². The Kier molecular flexibility index (Phi) is 3.24. The van der Waals surface area contributed by atoms with Crippen molar-refractivity contribution in [3.05, 3.63) is 34.5 Å². The molecule has 1 aliphatic rings. The van der Waals surface area contributed by atoms with Gasteiger partial charge in [-0.2, -0.15) is 0 Å². The summed E-state index contributed by atoms with van der Waals surface area (Å²) in [6.07, 6.45) is 0.863. The van der Waals surface area contributed by atoms with Crippen LogP contribution in [0.5, 0.6) is 5.75 Å². The first kappa shape index (κ1) is 14.1. The highest BCUT2D eigenvalue weighted by atomic mass is 32.1. The standard InChI is InChI=1S/C16H17NO3S/c1-9-17-12(15(18)19-4)14(21-9)11-7-5-6-10-8-16(2,3)20-13(10)11/h5-7H,8H2,1-4H3. The maximum atomic E-state index is 11.9. The first-order chi connectivity index (χ1) is 9.91. The summed E-state index contributed by atoms with van der Waals surface area (Å²) in [5.41, 5.74) is 2.23. The number of aryl methyl sites for hydroxylation is 1. The molecule has 0 amide bonds. The van der Waals surface area contributed by atoms with Crippen molar-refractivity contribution in [3.8, 4) is 16.2 Å². The molecular formula is C16H17NO3S. The maximum Gasteiger partial charge on any atom is 0.358 e. The summed E-state index contributed by atoms with van der Waals surface area (Å²) in [7, 11) is 1.37. The Hall–Kier alpha value is -1.88. The Morgan fingerprint density at radius 2 is 2.19 bits per heavy atom. The highest BCUT2D eigenvalue weighted by Gasteiger charge is 2.33. The van der Waals surface area contributed by atoms with Gasteiger partial charge in [0.25, 0.3) is 0 Å². The molecule has 1 aliphatic heterocycles. The number of esters is 1. The molecular weight excluding hydrogens is 286 g/mol. The molecule has 0 bridgehead atoms. The summed E-state index contributed by atoms with van der Waals surface area (Å²) in [5.74, 6) is 0.445. The molecule has 0 atom stereocenters. The lowest BCUT2D eigenvalue weighted by Gasteiger charge is -2.18. The zero-order valence-corrected chi connectivity index (χ0v) is 13.3. The van der Waals surface area contributed by atoms with Crippen LogP contribution in [-0.4, -0.2) is 23.7 Å². The van der Waals surface area contributed by atoms with Crippen LogP contribution in [0.3, 0.4) is 0 Å². The SMILES string of the molecule is COC(=O)c1nc(C)sc1-c1cccc2c1OC(C)(C)C2. The molecule has 0 N–H and O–H groups in total. The molecule has 1 aromatic carbocycles. The van der Waals surface area contributed by atoms with Gasteiger partial charge in [0.05, 0.1) is 17.0 Å². The lowest BCUT2D eigenvalue weighted by atomic mass is 10.00. The van der Waals surface area contributed by atoms with Crippen molar-refractivity contribution in [3.63, 3.8) is 0 Å². The third-order valence-corrected chi connectivity index (χ3v) is 4.45. The minimum atomic E-state index is -0.413. The van der Waals surface area contributed by atoms with E-state index in [2.05, 4.69) is 24.9 Å². The number of fused-ring (bicyclic) bond motifs is 1. The fraction of sp³-hybridized carbons (Fsp3) is 0.375. The fourth-order valence-electron chi connectivity index (χ4n) is 2.64. The Bertz CT molecular complexity index is 718. The quantitative estimate of drug-likeness (QED) is 0.795. The van der Waals surface area contributed by atoms with E-state index < -0.39 is 5.97 Å². The molecule has 0 fully saturated rings. The number of aromatic nitrogens is 1. The largest absolute Gasteiger partial charge is 0.487 e. The Balaban J connectivity index is 2.16. The molecule has 0 radical (unpaired) electrons. The number of hydrogen-bond acceptors (Lipinski definition) is 5. The predicted octanol–water partition coefficient (Wildman–Crippen LogP) is 3.62. The molecule has 0 spiro atoms. The van der Waals surface area contributed by atoms with Crippen molar-refractivity contribution in [1.82, 2.24) is 4.98 Å². The summed E-state index contributed by atoms with van der Waals surface area (Å²) in [6, 6.07) is 6.04. The second-order valence-electron chi connectivity index (χ2n) is 5.73. The zero-order valence-electron chi connectivity index (χ0n) is 12.5. The van der Waals surface area contributed by atoms with Gasteiger partial charge in [-0.05, 0) is 32.4 Å². The van der Waals surface area contributed by atoms with E-state index >= 15 is 0 Å². The molecule has 0 saturated carbocycles. The minimum Gasteiger partial charge on any atom is -0.487 e. The summed E-state index contributed by atoms with van der Waals surface area (Å²) >= 11 is 1.49. The van der Waals surface area contributed by atoms with Crippen molar-refractivity contribution < 1.29 is 14.3 Å². The van der Waals surface area contributed by atoms with E-state index in [1.807, 2.05) is 19.1 Å². The van der Waals surface area contributed by atoms with Crippen LogP contribution in [0.4, 0.5) is 0 Å². The van der Waals surface area contributed by atoms with E-state index in [0.717, 1.165) is 27.6 Å². The number of hydrogen-bond donors (Lipinski definition) is 0. The van der Waals surface area contributed by atoms with Crippen LogP contribution in [0.2, 0.25) is 0 Å². The van der Waals surface area contributed by atoms with Gasteiger partial charge in [-0.15, -0.1) is 11.3 Å². The fourth-order valence-corrected chi connectivity index (χ4v) is 3.57. The molecule has 5 heteroatoms. The first-order valence-electron chi connectivity index (χ1n) is 6.78. The van der Waals surface area contributed by atoms with Crippen molar-refractivity contribution in [2.75, 3.05) is 7.11 Å². The summed E-state index contributed by atoms with van der Waals surface area (Å²) in [6.45, 7) is 6.01. The number of nitrogens with zero attached hydrogens (tertiary/aromatic N) is 1. The summed E-state index contributed by atoms with van der Waals surface area (Å²) in [4.78, 5) is 17.1. The van der Waals surface area contributed by atoms with Crippen LogP contribution in [0.15, 0.2) is 18.2 Å². The highest BCUT2D eigenvalue weighted by molar-refractivity contribution is 7.15. The van der Waals surface area contributed by atoms with Gasteiger partial charge in [-0.25, -0.2) is 9.78 Å². The second-order valence-corrected chi connectivity index (χ2v) is 6.94. The molecule has 2 aromatic rings. The van der Waals surface area contributed by atoms with Crippen LogP contribution in [-0.2, 0) is 11.2 Å². The summed E-state index contributed by atoms with van der Waals surface area (Å²) in [5, 5.41) is 0.834. The predicted molar refractivity (Wildman–Crippen MR) is 82.0 cm³/mol. The number of carbonyl (C=O) groups is 1. The topological polar surface area (TPSA) is 48.4 Å². The molecule has 1 aromatic heterocycles. The minimum absolute atomic E-state index is 0.219. The van der Waals surface area contributed by atoms with E-state index in [9.17, 15) is 4.79 Å². The number of rotatable bonds is 2. The molecule has 4 nitrogen and oxygen atoms in total. The lowest BCUT2D eigenvalue weighted by Crippen LogP contribution is -2.24. The molecule has 3 rings (SSSR count). The number of ether oxygens (including phenoxy) is 2. The van der Waals surface area contributed by atoms with Crippen LogP contribution >= 0.6 is 11.3 Å². The third-order valence-electron chi connectivity index (χ3n) is 3.45. The Labute approximate surface area is 127 Å². The number of para-hydroxylation sites is 1. The van der Waals surface area contributed by atoms with Gasteiger partial charge in [0.15, 0.2) is 5.69 Å². The van der Waals surface area contributed by atoms with Gasteiger partial charge < -0.3 is 9.47 Å². The smallest absolute Gasteiger partial charge is 0.358 e. The monoisotopic (exact) mass is 303 g/mol. The van der Waals surface area contributed by atoms with Crippen LogP contribution < -0.4 is 4.74 Å². The molecule has 0 unspecified atom stereocenters. The van der Waals surface area contributed by atoms with Gasteiger partial charge in [0, 0.05) is 12.0 Å². The van der Waals surface area contributed by atoms with E-state index in [0.29, 0.717) is 5.69 Å². The number of methoxy groups -OCH3 is 1. The van der Waals surface area contributed by atoms with Crippen LogP contribution in [0, 0.1) is 6.92 Å². The molecule has 2 heterocycles. The lowest BCUT2D eigenvalue weighted by molar-refractivity contribution is 0.0595. The van der Waals surface area contributed by atoms with Crippen LogP contribution in [0.1, 0.15) is 34.9 Å². The van der Waals surface area contributed by atoms with Crippen molar-refractivity contribution in [2.45, 2.75) is 32.8 Å². The van der Waals surface area contributed by atoms with Gasteiger partial charge in [-0.3, -0.25) is 0 Å². The average molecular weight is 303 g/mol. The van der Waals surface area contributed by atoms with Gasteiger partial charge in [-0.1, -0.05) is 12.1 Å². The van der Waals surface area contributed by atoms with Crippen molar-refractivity contribution >= 4 is 17.3 Å². The second kappa shape index (κ2) is 4.84. The maximum absolute atomic E-state index is 11.9. The van der Waals surface area contributed by atoms with E-state index in [1.54, 1.807) is 0 Å². The van der Waals surface area contributed by atoms with Crippen molar-refractivity contribution in [2.24, 2.45) is 0 Å². The molecule has 0 aliphatic carbocycles. The number of carbonyl (C=O) groups excluding carboxylic acids is 1. The van der Waals surface area contributed by atoms with E-state index in [-0.39, 0.29) is 5.60 Å². The zero-order chi connectivity index (χ0) is 15.2. The van der Waals surface area contributed by atoms with E-state index in [4.69, 9.17) is 9.47 Å². The number of thiazole rings is 1. The van der Waals surface area contributed by atoms with Gasteiger partial charge in [0.1, 0.15) is 11.4 Å². The van der Waals surface area contributed by atoms with E-state index in [1.165, 1.54) is 24.0 Å². The molecule has 0 saturated heterocycles. The Morgan fingerprint density at radius 3 is 2.90 bits per heavy atom.